The molecule has 0 bridgehead atoms. The lowest BCUT2D eigenvalue weighted by Gasteiger charge is -2.19. The second-order valence-corrected chi connectivity index (χ2v) is 7.89. The molecule has 2 aromatic heterocycles. The summed E-state index contributed by atoms with van der Waals surface area (Å²) < 4.78 is 17.7. The van der Waals surface area contributed by atoms with Crippen LogP contribution in [0.15, 0.2) is 67.0 Å². The molecule has 1 amide bonds. The number of halogens is 2. The Kier molecular flexibility index (Phi) is 5.65. The molecular weight excluding hydrogens is 415 g/mol. The zero-order valence-corrected chi connectivity index (χ0v) is 18.2. The molecule has 158 valence electrons. The van der Waals surface area contributed by atoms with Crippen LogP contribution in [0.3, 0.4) is 0 Å². The number of nitrogens with one attached hydrogen (secondary N) is 1. The van der Waals surface area contributed by atoms with Crippen LogP contribution in [0.2, 0.25) is 5.02 Å². The summed E-state index contributed by atoms with van der Waals surface area (Å²) in [5.74, 6) is -0.0112. The van der Waals surface area contributed by atoms with Gasteiger partial charge in [0.2, 0.25) is 0 Å². The minimum Gasteiger partial charge on any atom is -0.338 e. The highest BCUT2D eigenvalue weighted by atomic mass is 35.5. The van der Waals surface area contributed by atoms with E-state index < -0.39 is 6.04 Å². The lowest BCUT2D eigenvalue weighted by atomic mass is 10.0. The van der Waals surface area contributed by atoms with Crippen molar-refractivity contribution in [3.63, 3.8) is 0 Å². The van der Waals surface area contributed by atoms with E-state index in [1.54, 1.807) is 24.5 Å². The van der Waals surface area contributed by atoms with Crippen LogP contribution >= 0.6 is 11.6 Å². The third-order valence-electron chi connectivity index (χ3n) is 5.33. The first-order chi connectivity index (χ1) is 14.8. The predicted octanol–water partition coefficient (Wildman–Crippen LogP) is 5.14. The van der Waals surface area contributed by atoms with E-state index >= 15 is 0 Å². The standard InChI is InChI=1S/C24H22ClFN4O/c1-15-13-21(16(2)30(15)20-9-7-18(25)8-10-20)24(31)28-22(23-27-11-12-29(23)3)17-5-4-6-19(26)14-17/h4-14,22H,1-3H3,(H,28,31). The van der Waals surface area contributed by atoms with Gasteiger partial charge in [0.15, 0.2) is 0 Å². The normalized spacial score (nSPS) is 12.0. The van der Waals surface area contributed by atoms with Crippen molar-refractivity contribution in [2.24, 2.45) is 7.05 Å². The van der Waals surface area contributed by atoms with Crippen molar-refractivity contribution in [1.82, 2.24) is 19.4 Å². The summed E-state index contributed by atoms with van der Waals surface area (Å²) in [5, 5.41) is 3.69. The van der Waals surface area contributed by atoms with Gasteiger partial charge in [-0.05, 0) is 61.9 Å². The number of hydrogen-bond acceptors (Lipinski definition) is 2. The molecule has 4 rings (SSSR count). The van der Waals surface area contributed by atoms with E-state index in [1.165, 1.54) is 12.1 Å². The monoisotopic (exact) mass is 436 g/mol. The molecule has 4 aromatic rings. The van der Waals surface area contributed by atoms with E-state index in [0.29, 0.717) is 22.0 Å². The molecule has 0 fully saturated rings. The number of rotatable bonds is 5. The van der Waals surface area contributed by atoms with Gasteiger partial charge < -0.3 is 14.5 Å². The third-order valence-corrected chi connectivity index (χ3v) is 5.59. The van der Waals surface area contributed by atoms with Crippen LogP contribution in [0.25, 0.3) is 5.69 Å². The SMILES string of the molecule is Cc1cc(C(=O)NC(c2cccc(F)c2)c2nccn2C)c(C)n1-c1ccc(Cl)cc1. The Labute approximate surface area is 185 Å². The molecule has 1 unspecified atom stereocenters. The van der Waals surface area contributed by atoms with E-state index in [2.05, 4.69) is 10.3 Å². The van der Waals surface area contributed by atoms with Crippen molar-refractivity contribution in [2.75, 3.05) is 0 Å². The smallest absolute Gasteiger partial charge is 0.253 e. The van der Waals surface area contributed by atoms with E-state index in [9.17, 15) is 9.18 Å². The molecule has 0 radical (unpaired) electrons. The summed E-state index contributed by atoms with van der Waals surface area (Å²) in [6.45, 7) is 3.84. The largest absolute Gasteiger partial charge is 0.338 e. The summed E-state index contributed by atoms with van der Waals surface area (Å²) in [4.78, 5) is 17.7. The molecule has 7 heteroatoms. The number of amides is 1. The van der Waals surface area contributed by atoms with Crippen LogP contribution in [0.1, 0.15) is 39.2 Å². The number of carbonyl (C=O) groups is 1. The molecule has 2 heterocycles. The van der Waals surface area contributed by atoms with Gasteiger partial charge in [0, 0.05) is 41.5 Å². The van der Waals surface area contributed by atoms with Crippen LogP contribution in [-0.4, -0.2) is 20.0 Å². The fourth-order valence-electron chi connectivity index (χ4n) is 3.83. The third kappa shape index (κ3) is 4.11. The molecule has 0 saturated carbocycles. The first kappa shape index (κ1) is 20.9. The maximum Gasteiger partial charge on any atom is 0.253 e. The summed E-state index contributed by atoms with van der Waals surface area (Å²) in [5.41, 5.74) is 3.81. The number of aromatic nitrogens is 3. The number of nitrogens with zero attached hydrogens (tertiary/aromatic N) is 3. The second kappa shape index (κ2) is 8.40. The Balaban J connectivity index is 1.71. The molecule has 0 aliphatic carbocycles. The minimum atomic E-state index is -0.596. The molecule has 1 N–H and O–H groups in total. The predicted molar refractivity (Wildman–Crippen MR) is 119 cm³/mol. The topological polar surface area (TPSA) is 51.9 Å². The Hall–Kier alpha value is -3.38. The van der Waals surface area contributed by atoms with E-state index in [-0.39, 0.29) is 11.7 Å². The van der Waals surface area contributed by atoms with Crippen LogP contribution in [-0.2, 0) is 7.05 Å². The number of benzene rings is 2. The average Bonchev–Trinajstić information content (AvgIpc) is 3.29. The Morgan fingerprint density at radius 2 is 1.87 bits per heavy atom. The Morgan fingerprint density at radius 1 is 1.13 bits per heavy atom. The van der Waals surface area contributed by atoms with Crippen LogP contribution in [0.5, 0.6) is 0 Å². The lowest BCUT2D eigenvalue weighted by molar-refractivity contribution is 0.0940. The van der Waals surface area contributed by atoms with Crippen molar-refractivity contribution < 1.29 is 9.18 Å². The van der Waals surface area contributed by atoms with Crippen LogP contribution in [0, 0.1) is 19.7 Å². The van der Waals surface area contributed by atoms with Gasteiger partial charge in [0.25, 0.3) is 5.91 Å². The molecule has 31 heavy (non-hydrogen) atoms. The van der Waals surface area contributed by atoms with Gasteiger partial charge >= 0.3 is 0 Å². The van der Waals surface area contributed by atoms with E-state index in [4.69, 9.17) is 11.6 Å². The first-order valence-corrected chi connectivity index (χ1v) is 10.2. The van der Waals surface area contributed by atoms with Gasteiger partial charge in [-0.3, -0.25) is 4.79 Å². The zero-order valence-electron chi connectivity index (χ0n) is 17.4. The van der Waals surface area contributed by atoms with Crippen LogP contribution < -0.4 is 5.32 Å². The van der Waals surface area contributed by atoms with Crippen molar-refractivity contribution in [3.8, 4) is 5.69 Å². The first-order valence-electron chi connectivity index (χ1n) is 9.83. The lowest BCUT2D eigenvalue weighted by Crippen LogP contribution is -2.31. The van der Waals surface area contributed by atoms with Crippen molar-refractivity contribution >= 4 is 17.5 Å². The highest BCUT2D eigenvalue weighted by Crippen LogP contribution is 2.25. The quantitative estimate of drug-likeness (QED) is 0.471. The summed E-state index contributed by atoms with van der Waals surface area (Å²) in [7, 11) is 1.84. The highest BCUT2D eigenvalue weighted by Gasteiger charge is 2.24. The maximum atomic E-state index is 13.9. The van der Waals surface area contributed by atoms with Gasteiger partial charge in [0.05, 0.1) is 5.56 Å². The molecule has 0 saturated heterocycles. The second-order valence-electron chi connectivity index (χ2n) is 7.45. The van der Waals surface area contributed by atoms with Crippen molar-refractivity contribution in [2.45, 2.75) is 19.9 Å². The fraction of sp³-hybridized carbons (Fsp3) is 0.167. The molecule has 5 nitrogen and oxygen atoms in total. The minimum absolute atomic E-state index is 0.259. The van der Waals surface area contributed by atoms with Gasteiger partial charge in [-0.1, -0.05) is 23.7 Å². The number of hydrogen-bond donors (Lipinski definition) is 1. The molecule has 0 aliphatic rings. The molecule has 0 aliphatic heterocycles. The number of imidazole rings is 1. The highest BCUT2D eigenvalue weighted by molar-refractivity contribution is 6.30. The summed E-state index contributed by atoms with van der Waals surface area (Å²) >= 11 is 6.01. The number of aryl methyl sites for hydroxylation is 2. The molecule has 0 spiro atoms. The van der Waals surface area contributed by atoms with E-state index in [1.807, 2.05) is 60.4 Å². The molecular formula is C24H22ClFN4O. The van der Waals surface area contributed by atoms with Gasteiger partial charge in [-0.2, -0.15) is 0 Å². The summed E-state index contributed by atoms with van der Waals surface area (Å²) in [6.07, 6.45) is 3.44. The van der Waals surface area contributed by atoms with Gasteiger partial charge in [-0.15, -0.1) is 0 Å². The fourth-order valence-corrected chi connectivity index (χ4v) is 3.95. The zero-order chi connectivity index (χ0) is 22.1. The molecule has 2 aromatic carbocycles. The Bertz CT molecular complexity index is 1240. The summed E-state index contributed by atoms with van der Waals surface area (Å²) in [6, 6.07) is 14.9. The van der Waals surface area contributed by atoms with Crippen LogP contribution in [0.4, 0.5) is 4.39 Å². The molecule has 1 atom stereocenters. The number of carbonyl (C=O) groups excluding carboxylic acids is 1. The average molecular weight is 437 g/mol. The van der Waals surface area contributed by atoms with Gasteiger partial charge in [-0.25, -0.2) is 9.37 Å². The maximum absolute atomic E-state index is 13.9. The Morgan fingerprint density at radius 3 is 2.52 bits per heavy atom. The van der Waals surface area contributed by atoms with E-state index in [0.717, 1.165) is 17.1 Å². The van der Waals surface area contributed by atoms with Crippen molar-refractivity contribution in [1.29, 1.82) is 0 Å². The van der Waals surface area contributed by atoms with Crippen molar-refractivity contribution in [3.05, 3.63) is 106 Å². The van der Waals surface area contributed by atoms with Gasteiger partial charge in [0.1, 0.15) is 17.7 Å².